The zero-order valence-corrected chi connectivity index (χ0v) is 9.67. The maximum atomic E-state index is 13.1. The highest BCUT2D eigenvalue weighted by atomic mass is 19.1. The average Bonchev–Trinajstić information content (AvgIpc) is 2.27. The summed E-state index contributed by atoms with van der Waals surface area (Å²) >= 11 is 0. The van der Waals surface area contributed by atoms with Gasteiger partial charge < -0.3 is 11.1 Å². The van der Waals surface area contributed by atoms with E-state index in [2.05, 4.69) is 5.32 Å². The van der Waals surface area contributed by atoms with Crippen LogP contribution in [0.1, 0.15) is 31.2 Å². The number of nitrogens with one attached hydrogen (secondary N) is 1. The Labute approximate surface area is 96.0 Å². The van der Waals surface area contributed by atoms with Crippen molar-refractivity contribution in [2.45, 2.75) is 44.7 Å². The van der Waals surface area contributed by atoms with Crippen molar-refractivity contribution < 1.29 is 4.39 Å². The fourth-order valence-corrected chi connectivity index (χ4v) is 2.23. The Bertz CT molecular complexity index is 357. The van der Waals surface area contributed by atoms with Crippen LogP contribution < -0.4 is 11.1 Å². The van der Waals surface area contributed by atoms with E-state index in [1.807, 2.05) is 6.07 Å². The Morgan fingerprint density at radius 3 is 2.56 bits per heavy atom. The molecule has 1 fully saturated rings. The molecular formula is C13H19FN2. The molecule has 2 rings (SSSR count). The predicted molar refractivity (Wildman–Crippen MR) is 65.0 cm³/mol. The van der Waals surface area contributed by atoms with Gasteiger partial charge in [0.1, 0.15) is 5.82 Å². The van der Waals surface area contributed by atoms with E-state index in [0.717, 1.165) is 31.4 Å². The Morgan fingerprint density at radius 2 is 1.94 bits per heavy atom. The summed E-state index contributed by atoms with van der Waals surface area (Å²) in [5.41, 5.74) is 7.56. The first kappa shape index (κ1) is 11.4. The quantitative estimate of drug-likeness (QED) is 0.807. The van der Waals surface area contributed by atoms with Crippen molar-refractivity contribution in [3.05, 3.63) is 29.6 Å². The summed E-state index contributed by atoms with van der Waals surface area (Å²) in [7, 11) is 0. The highest BCUT2D eigenvalue weighted by Crippen LogP contribution is 2.22. The van der Waals surface area contributed by atoms with Gasteiger partial charge in [-0.1, -0.05) is 0 Å². The highest BCUT2D eigenvalue weighted by Gasteiger charge is 2.18. The molecule has 1 aromatic rings. The van der Waals surface area contributed by atoms with Crippen LogP contribution in [-0.2, 0) is 0 Å². The second-order valence-electron chi connectivity index (χ2n) is 4.72. The Morgan fingerprint density at radius 1 is 1.25 bits per heavy atom. The number of hydrogen-bond donors (Lipinski definition) is 2. The van der Waals surface area contributed by atoms with Gasteiger partial charge in [0.15, 0.2) is 0 Å². The maximum Gasteiger partial charge on any atom is 0.126 e. The van der Waals surface area contributed by atoms with Crippen molar-refractivity contribution in [1.29, 1.82) is 0 Å². The number of anilines is 1. The van der Waals surface area contributed by atoms with E-state index in [1.165, 1.54) is 6.07 Å². The normalized spacial score (nSPS) is 25.4. The van der Waals surface area contributed by atoms with Crippen LogP contribution in [-0.4, -0.2) is 12.1 Å². The molecule has 2 nitrogen and oxygen atoms in total. The molecule has 0 aliphatic heterocycles. The Hall–Kier alpha value is -1.09. The Balaban J connectivity index is 1.96. The molecule has 1 aliphatic carbocycles. The molecule has 3 heteroatoms. The molecule has 16 heavy (non-hydrogen) atoms. The number of benzene rings is 1. The third-order valence-corrected chi connectivity index (χ3v) is 3.30. The molecule has 0 atom stereocenters. The second-order valence-corrected chi connectivity index (χ2v) is 4.72. The van der Waals surface area contributed by atoms with E-state index in [4.69, 9.17) is 5.73 Å². The van der Waals surface area contributed by atoms with Crippen molar-refractivity contribution in [2.24, 2.45) is 5.73 Å². The lowest BCUT2D eigenvalue weighted by molar-refractivity contribution is 0.411. The molecule has 0 amide bonds. The fourth-order valence-electron chi connectivity index (χ4n) is 2.23. The summed E-state index contributed by atoms with van der Waals surface area (Å²) in [6.07, 6.45) is 4.38. The molecule has 0 unspecified atom stereocenters. The van der Waals surface area contributed by atoms with Crippen molar-refractivity contribution in [3.63, 3.8) is 0 Å². The molecule has 0 bridgehead atoms. The summed E-state index contributed by atoms with van der Waals surface area (Å²) in [4.78, 5) is 0. The molecule has 0 saturated heterocycles. The van der Waals surface area contributed by atoms with Crippen molar-refractivity contribution in [1.82, 2.24) is 0 Å². The lowest BCUT2D eigenvalue weighted by Crippen LogP contribution is -2.32. The minimum absolute atomic E-state index is 0.142. The SMILES string of the molecule is Cc1cc(NC2CCC(N)CC2)ccc1F. The zero-order chi connectivity index (χ0) is 11.5. The topological polar surface area (TPSA) is 38.0 Å². The lowest BCUT2D eigenvalue weighted by Gasteiger charge is -2.27. The summed E-state index contributed by atoms with van der Waals surface area (Å²) in [6, 6.07) is 6.05. The first-order valence-corrected chi connectivity index (χ1v) is 5.93. The molecule has 3 N–H and O–H groups in total. The van der Waals surface area contributed by atoms with Gasteiger partial charge in [-0.3, -0.25) is 0 Å². The summed E-state index contributed by atoms with van der Waals surface area (Å²) in [6.45, 7) is 1.79. The number of rotatable bonds is 2. The van der Waals surface area contributed by atoms with Gasteiger partial charge in [-0.05, 0) is 56.4 Å². The molecule has 1 aromatic carbocycles. The number of nitrogens with two attached hydrogens (primary N) is 1. The summed E-state index contributed by atoms with van der Waals surface area (Å²) < 4.78 is 13.1. The number of hydrogen-bond acceptors (Lipinski definition) is 2. The van der Waals surface area contributed by atoms with Gasteiger partial charge in [0.2, 0.25) is 0 Å². The van der Waals surface area contributed by atoms with Crippen LogP contribution in [0, 0.1) is 12.7 Å². The van der Waals surface area contributed by atoms with Gasteiger partial charge in [-0.25, -0.2) is 4.39 Å². The first-order chi connectivity index (χ1) is 7.65. The van der Waals surface area contributed by atoms with Crippen LogP contribution in [0.4, 0.5) is 10.1 Å². The first-order valence-electron chi connectivity index (χ1n) is 5.93. The number of aryl methyl sites for hydroxylation is 1. The smallest absolute Gasteiger partial charge is 0.126 e. The molecule has 1 saturated carbocycles. The fraction of sp³-hybridized carbons (Fsp3) is 0.538. The second kappa shape index (κ2) is 4.83. The van der Waals surface area contributed by atoms with Crippen LogP contribution >= 0.6 is 0 Å². The van der Waals surface area contributed by atoms with Gasteiger partial charge in [0.25, 0.3) is 0 Å². The molecule has 0 spiro atoms. The van der Waals surface area contributed by atoms with E-state index in [-0.39, 0.29) is 5.82 Å². The van der Waals surface area contributed by atoms with Crippen LogP contribution in [0.5, 0.6) is 0 Å². The predicted octanol–water partition coefficient (Wildman–Crippen LogP) is 2.82. The third kappa shape index (κ3) is 2.73. The number of halogens is 1. The van der Waals surface area contributed by atoms with E-state index in [0.29, 0.717) is 17.6 Å². The van der Waals surface area contributed by atoms with Crippen LogP contribution in [0.25, 0.3) is 0 Å². The van der Waals surface area contributed by atoms with Crippen LogP contribution in [0.3, 0.4) is 0 Å². The zero-order valence-electron chi connectivity index (χ0n) is 9.67. The van der Waals surface area contributed by atoms with Gasteiger partial charge in [0, 0.05) is 17.8 Å². The molecule has 0 aromatic heterocycles. The van der Waals surface area contributed by atoms with Crippen molar-refractivity contribution in [2.75, 3.05) is 5.32 Å². The average molecular weight is 222 g/mol. The monoisotopic (exact) mass is 222 g/mol. The van der Waals surface area contributed by atoms with Gasteiger partial charge in [-0.2, -0.15) is 0 Å². The molecule has 88 valence electrons. The standard InChI is InChI=1S/C13H19FN2/c1-9-8-12(6-7-13(9)14)16-11-4-2-10(15)3-5-11/h6-8,10-11,16H,2-5,15H2,1H3. The van der Waals surface area contributed by atoms with Crippen LogP contribution in [0.2, 0.25) is 0 Å². The summed E-state index contributed by atoms with van der Waals surface area (Å²) in [5.74, 6) is -0.142. The third-order valence-electron chi connectivity index (χ3n) is 3.30. The van der Waals surface area contributed by atoms with E-state index in [1.54, 1.807) is 13.0 Å². The Kier molecular flexibility index (Phi) is 3.44. The molecule has 1 aliphatic rings. The van der Waals surface area contributed by atoms with E-state index in [9.17, 15) is 4.39 Å². The minimum atomic E-state index is -0.142. The maximum absolute atomic E-state index is 13.1. The minimum Gasteiger partial charge on any atom is -0.382 e. The van der Waals surface area contributed by atoms with Gasteiger partial charge in [-0.15, -0.1) is 0 Å². The molecular weight excluding hydrogens is 203 g/mol. The van der Waals surface area contributed by atoms with E-state index >= 15 is 0 Å². The van der Waals surface area contributed by atoms with Crippen molar-refractivity contribution in [3.8, 4) is 0 Å². The van der Waals surface area contributed by atoms with Gasteiger partial charge in [0.05, 0.1) is 0 Å². The highest BCUT2D eigenvalue weighted by molar-refractivity contribution is 5.46. The summed E-state index contributed by atoms with van der Waals surface area (Å²) in [5, 5.41) is 3.45. The van der Waals surface area contributed by atoms with E-state index < -0.39 is 0 Å². The lowest BCUT2D eigenvalue weighted by atomic mass is 9.91. The van der Waals surface area contributed by atoms with Gasteiger partial charge >= 0.3 is 0 Å². The largest absolute Gasteiger partial charge is 0.382 e. The molecule has 0 radical (unpaired) electrons. The van der Waals surface area contributed by atoms with Crippen molar-refractivity contribution >= 4 is 5.69 Å². The molecule has 0 heterocycles. The van der Waals surface area contributed by atoms with Crippen LogP contribution in [0.15, 0.2) is 18.2 Å².